The van der Waals surface area contributed by atoms with E-state index in [9.17, 15) is 14.7 Å². The Labute approximate surface area is 306 Å². The topological polar surface area (TPSA) is 161 Å². The second kappa shape index (κ2) is 18.5. The molecule has 4 N–H and O–H groups in total. The first-order valence-electron chi connectivity index (χ1n) is 17.3. The molecule has 0 spiro atoms. The molecule has 3 atom stereocenters. The van der Waals surface area contributed by atoms with Gasteiger partial charge in [-0.05, 0) is 75.4 Å². The SMILES string of the molecule is O=C(CCCCCC(=O)NCc1cccc(-c2cccc([C@@H]3O[C@H](CSc4nnnn4-c4ccccc4)C[C@H](c4ccc(CO)cc4)O3)c2)c1)NO. The number of carbonyl (C=O) groups excluding carboxylic acids is 2. The number of aromatic nitrogens is 4. The van der Waals surface area contributed by atoms with Crippen molar-refractivity contribution in [2.24, 2.45) is 0 Å². The van der Waals surface area contributed by atoms with Gasteiger partial charge >= 0.3 is 0 Å². The number of ether oxygens (including phenoxy) is 2. The third-order valence-electron chi connectivity index (χ3n) is 8.80. The molecule has 1 saturated heterocycles. The summed E-state index contributed by atoms with van der Waals surface area (Å²) in [5.74, 6) is 0.143. The summed E-state index contributed by atoms with van der Waals surface area (Å²) < 4.78 is 15.0. The number of benzene rings is 4. The van der Waals surface area contributed by atoms with Gasteiger partial charge in [0.2, 0.25) is 17.0 Å². The van der Waals surface area contributed by atoms with E-state index in [1.165, 1.54) is 11.8 Å². The Morgan fingerprint density at radius 3 is 2.33 bits per heavy atom. The number of amides is 2. The van der Waals surface area contributed by atoms with E-state index in [2.05, 4.69) is 33.0 Å². The van der Waals surface area contributed by atoms with E-state index < -0.39 is 12.2 Å². The highest BCUT2D eigenvalue weighted by atomic mass is 32.2. The molecule has 5 aromatic rings. The fraction of sp³-hybridized carbons (Fsp3) is 0.308. The number of nitrogens with one attached hydrogen (secondary N) is 2. The average Bonchev–Trinajstić information content (AvgIpc) is 3.68. The summed E-state index contributed by atoms with van der Waals surface area (Å²) in [4.78, 5) is 23.6. The second-order valence-corrected chi connectivity index (χ2v) is 13.6. The minimum absolute atomic E-state index is 0.0254. The zero-order valence-electron chi connectivity index (χ0n) is 28.6. The van der Waals surface area contributed by atoms with Crippen molar-refractivity contribution >= 4 is 23.6 Å². The Balaban J connectivity index is 1.13. The van der Waals surface area contributed by atoms with Crippen LogP contribution in [-0.2, 0) is 32.2 Å². The van der Waals surface area contributed by atoms with Gasteiger partial charge in [0.25, 0.3) is 0 Å². The van der Waals surface area contributed by atoms with Gasteiger partial charge in [-0.15, -0.1) is 5.10 Å². The van der Waals surface area contributed by atoms with Gasteiger partial charge in [0.1, 0.15) is 0 Å². The van der Waals surface area contributed by atoms with Crippen LogP contribution in [0, 0.1) is 0 Å². The Morgan fingerprint density at radius 1 is 0.808 bits per heavy atom. The van der Waals surface area contributed by atoms with E-state index >= 15 is 0 Å². The van der Waals surface area contributed by atoms with Gasteiger partial charge in [0.15, 0.2) is 6.29 Å². The predicted molar refractivity (Wildman–Crippen MR) is 195 cm³/mol. The highest BCUT2D eigenvalue weighted by molar-refractivity contribution is 7.99. The number of thioether (sulfide) groups is 1. The van der Waals surface area contributed by atoms with Crippen molar-refractivity contribution in [3.63, 3.8) is 0 Å². The lowest BCUT2D eigenvalue weighted by molar-refractivity contribution is -0.245. The van der Waals surface area contributed by atoms with Gasteiger partial charge in [-0.2, -0.15) is 4.68 Å². The van der Waals surface area contributed by atoms with E-state index in [0.717, 1.165) is 45.5 Å². The van der Waals surface area contributed by atoms with Crippen LogP contribution in [0.25, 0.3) is 16.8 Å². The van der Waals surface area contributed by atoms with E-state index in [4.69, 9.17) is 14.7 Å². The molecule has 12 nitrogen and oxygen atoms in total. The molecule has 0 bridgehead atoms. The number of nitrogens with zero attached hydrogens (tertiary/aromatic N) is 4. The normalized spacial score (nSPS) is 17.1. The number of hydroxylamine groups is 1. The lowest BCUT2D eigenvalue weighted by Gasteiger charge is -2.36. The number of carbonyl (C=O) groups is 2. The number of hydrogen-bond acceptors (Lipinski definition) is 10. The number of tetrazole rings is 1. The van der Waals surface area contributed by atoms with Gasteiger partial charge in [-0.25, -0.2) is 5.48 Å². The molecule has 0 saturated carbocycles. The minimum Gasteiger partial charge on any atom is -0.392 e. The van der Waals surface area contributed by atoms with Crippen molar-refractivity contribution in [1.29, 1.82) is 0 Å². The Morgan fingerprint density at radius 2 is 1.56 bits per heavy atom. The van der Waals surface area contributed by atoms with Crippen LogP contribution < -0.4 is 10.8 Å². The van der Waals surface area contributed by atoms with Crippen LogP contribution in [0.2, 0.25) is 0 Å². The van der Waals surface area contributed by atoms with Crippen LogP contribution in [0.1, 0.15) is 73.2 Å². The number of aliphatic hydroxyl groups is 1. The fourth-order valence-corrected chi connectivity index (χ4v) is 6.92. The summed E-state index contributed by atoms with van der Waals surface area (Å²) in [5.41, 5.74) is 8.20. The summed E-state index contributed by atoms with van der Waals surface area (Å²) in [5, 5.41) is 34.2. The molecule has 13 heteroatoms. The van der Waals surface area contributed by atoms with Crippen LogP contribution in [0.4, 0.5) is 0 Å². The summed E-state index contributed by atoms with van der Waals surface area (Å²) in [6, 6.07) is 33.8. The molecule has 1 fully saturated rings. The van der Waals surface area contributed by atoms with Crippen LogP contribution in [0.15, 0.2) is 108 Å². The molecule has 1 aliphatic heterocycles. The van der Waals surface area contributed by atoms with Crippen molar-refractivity contribution in [1.82, 2.24) is 31.0 Å². The Bertz CT molecular complexity index is 1910. The first-order valence-corrected chi connectivity index (χ1v) is 18.3. The number of rotatable bonds is 16. The zero-order chi connectivity index (χ0) is 36.1. The number of para-hydroxylation sites is 1. The van der Waals surface area contributed by atoms with Crippen LogP contribution in [0.3, 0.4) is 0 Å². The lowest BCUT2D eigenvalue weighted by atomic mass is 9.99. The lowest BCUT2D eigenvalue weighted by Crippen LogP contribution is -2.31. The first kappa shape index (κ1) is 36.9. The van der Waals surface area contributed by atoms with Gasteiger partial charge < -0.3 is 19.9 Å². The third-order valence-corrected chi connectivity index (χ3v) is 9.85. The maximum absolute atomic E-state index is 12.4. The van der Waals surface area contributed by atoms with Gasteiger partial charge in [0, 0.05) is 37.1 Å². The zero-order valence-corrected chi connectivity index (χ0v) is 29.5. The predicted octanol–water partition coefficient (Wildman–Crippen LogP) is 6.23. The molecule has 1 aromatic heterocycles. The van der Waals surface area contributed by atoms with Crippen molar-refractivity contribution in [3.05, 3.63) is 125 Å². The molecular formula is C39H42N6O6S. The third kappa shape index (κ3) is 10.1. The Kier molecular flexibility index (Phi) is 13.1. The molecule has 2 heterocycles. The van der Waals surface area contributed by atoms with Crippen LogP contribution in [0.5, 0.6) is 0 Å². The van der Waals surface area contributed by atoms with Crippen molar-refractivity contribution in [2.45, 2.75) is 75.3 Å². The number of aliphatic hydroxyl groups excluding tert-OH is 1. The van der Waals surface area contributed by atoms with Crippen molar-refractivity contribution in [3.8, 4) is 16.8 Å². The molecule has 52 heavy (non-hydrogen) atoms. The molecule has 6 rings (SSSR count). The largest absolute Gasteiger partial charge is 0.392 e. The first-order chi connectivity index (χ1) is 25.5. The molecule has 1 aliphatic rings. The van der Waals surface area contributed by atoms with Crippen molar-refractivity contribution in [2.75, 3.05) is 5.75 Å². The van der Waals surface area contributed by atoms with Gasteiger partial charge in [0.05, 0.1) is 24.5 Å². The van der Waals surface area contributed by atoms with E-state index in [1.807, 2.05) is 91.0 Å². The highest BCUT2D eigenvalue weighted by Crippen LogP contribution is 2.40. The molecule has 0 radical (unpaired) electrons. The van der Waals surface area contributed by atoms with E-state index in [0.29, 0.717) is 43.1 Å². The molecule has 270 valence electrons. The molecule has 0 aliphatic carbocycles. The van der Waals surface area contributed by atoms with Crippen LogP contribution in [-0.4, -0.2) is 54.2 Å². The summed E-state index contributed by atoms with van der Waals surface area (Å²) in [7, 11) is 0. The summed E-state index contributed by atoms with van der Waals surface area (Å²) >= 11 is 1.53. The molecule has 4 aromatic carbocycles. The second-order valence-electron chi connectivity index (χ2n) is 12.6. The Hall–Kier alpha value is -4.92. The smallest absolute Gasteiger partial charge is 0.243 e. The summed E-state index contributed by atoms with van der Waals surface area (Å²) in [6.07, 6.45) is 2.21. The summed E-state index contributed by atoms with van der Waals surface area (Å²) in [6.45, 7) is 0.375. The highest BCUT2D eigenvalue weighted by Gasteiger charge is 2.33. The van der Waals surface area contributed by atoms with E-state index in [1.54, 1.807) is 10.2 Å². The van der Waals surface area contributed by atoms with Crippen LogP contribution >= 0.6 is 11.8 Å². The molecule has 0 unspecified atom stereocenters. The quantitative estimate of drug-likeness (QED) is 0.0398. The average molecular weight is 723 g/mol. The van der Waals surface area contributed by atoms with Crippen molar-refractivity contribution < 1.29 is 29.4 Å². The van der Waals surface area contributed by atoms with Gasteiger partial charge in [-0.1, -0.05) is 97.0 Å². The van der Waals surface area contributed by atoms with E-state index in [-0.39, 0.29) is 31.1 Å². The molecular weight excluding hydrogens is 681 g/mol. The standard InChI is InChI=1S/C39H42N6O6S/c46-25-27-17-19-29(20-18-27)35-23-34(26-52-39-41-43-44-45(39)33-13-3-1-4-14-33)50-38(51-35)32-12-8-11-31(22-32)30-10-7-9-28(21-30)24-40-36(47)15-5-2-6-16-37(48)42-49/h1,3-4,7-14,17-22,34-35,38,46,49H,2,5-6,15-16,23-26H2,(H,40,47)(H,42,48)/t34-,35+,38+/m0/s1. The number of unbranched alkanes of at least 4 members (excludes halogenated alkanes) is 2. The minimum atomic E-state index is -0.632. The monoisotopic (exact) mass is 722 g/mol. The molecule has 2 amide bonds. The number of hydrogen-bond donors (Lipinski definition) is 4. The fourth-order valence-electron chi connectivity index (χ4n) is 6.01. The van der Waals surface area contributed by atoms with Gasteiger partial charge in [-0.3, -0.25) is 14.8 Å². The maximum Gasteiger partial charge on any atom is 0.243 e. The maximum atomic E-state index is 12.4.